The van der Waals surface area contributed by atoms with Crippen molar-refractivity contribution in [3.8, 4) is 11.4 Å². The van der Waals surface area contributed by atoms with Crippen LogP contribution < -0.4 is 10.1 Å². The second-order valence-electron chi connectivity index (χ2n) is 6.45. The van der Waals surface area contributed by atoms with Gasteiger partial charge in [0.1, 0.15) is 12.1 Å². The van der Waals surface area contributed by atoms with E-state index >= 15 is 0 Å². The fraction of sp³-hybridized carbons (Fsp3) is 0.238. The molecule has 0 aliphatic carbocycles. The zero-order valence-corrected chi connectivity index (χ0v) is 18.6. The molecular formula is C21H21ClN4O4S. The van der Waals surface area contributed by atoms with Crippen molar-refractivity contribution in [3.05, 3.63) is 64.9 Å². The van der Waals surface area contributed by atoms with E-state index in [-0.39, 0.29) is 18.9 Å². The first-order valence-electron chi connectivity index (χ1n) is 9.31. The van der Waals surface area contributed by atoms with Gasteiger partial charge >= 0.3 is 5.97 Å². The number of esters is 1. The molecule has 1 heterocycles. The van der Waals surface area contributed by atoms with E-state index in [1.165, 1.54) is 0 Å². The van der Waals surface area contributed by atoms with Gasteiger partial charge in [0.2, 0.25) is 0 Å². The normalized spacial score (nSPS) is 10.5. The molecule has 1 N–H and O–H groups in total. The molecule has 0 saturated carbocycles. The van der Waals surface area contributed by atoms with E-state index in [9.17, 15) is 9.59 Å². The highest BCUT2D eigenvalue weighted by Crippen LogP contribution is 2.23. The zero-order valence-electron chi connectivity index (χ0n) is 17.0. The summed E-state index contributed by atoms with van der Waals surface area (Å²) in [5, 5.41) is 11.8. The molecule has 0 aliphatic heterocycles. The summed E-state index contributed by atoms with van der Waals surface area (Å²) in [6.45, 7) is 1.82. The average Bonchev–Trinajstić information content (AvgIpc) is 3.25. The number of methoxy groups -OCH3 is 1. The molecule has 8 nitrogen and oxygen atoms in total. The number of nitrogens with zero attached hydrogens (tertiary/aromatic N) is 3. The van der Waals surface area contributed by atoms with Gasteiger partial charge in [-0.15, -0.1) is 10.2 Å². The molecule has 10 heteroatoms. The molecule has 31 heavy (non-hydrogen) atoms. The van der Waals surface area contributed by atoms with Crippen LogP contribution in [0.5, 0.6) is 5.75 Å². The first kappa shape index (κ1) is 22.6. The largest absolute Gasteiger partial charge is 0.496 e. The van der Waals surface area contributed by atoms with E-state index in [1.54, 1.807) is 24.1 Å². The molecule has 0 radical (unpaired) electrons. The van der Waals surface area contributed by atoms with E-state index in [1.807, 2.05) is 43.3 Å². The van der Waals surface area contributed by atoms with E-state index < -0.39 is 11.9 Å². The quantitative estimate of drug-likeness (QED) is 0.387. The number of thioether (sulfide) groups is 1. The van der Waals surface area contributed by atoms with Gasteiger partial charge in [-0.25, -0.2) is 0 Å². The topological polar surface area (TPSA) is 95.3 Å². The van der Waals surface area contributed by atoms with Gasteiger partial charge in [-0.2, -0.15) is 0 Å². The van der Waals surface area contributed by atoms with Crippen LogP contribution in [-0.2, 0) is 20.9 Å². The third-order valence-electron chi connectivity index (χ3n) is 4.30. The molecule has 162 valence electrons. The first-order valence-corrected chi connectivity index (χ1v) is 10.7. The van der Waals surface area contributed by atoms with Gasteiger partial charge in [0.05, 0.1) is 18.6 Å². The number of hydrogen-bond acceptors (Lipinski definition) is 7. The van der Waals surface area contributed by atoms with Gasteiger partial charge in [-0.1, -0.05) is 47.6 Å². The lowest BCUT2D eigenvalue weighted by atomic mass is 10.2. The van der Waals surface area contributed by atoms with Crippen LogP contribution in [0.15, 0.2) is 53.9 Å². The van der Waals surface area contributed by atoms with E-state index in [2.05, 4.69) is 15.5 Å². The molecule has 0 spiro atoms. The second kappa shape index (κ2) is 10.8. The third-order valence-corrected chi connectivity index (χ3v) is 5.63. The Kier molecular flexibility index (Phi) is 7.91. The lowest BCUT2D eigenvalue weighted by Crippen LogP contribution is -2.28. The van der Waals surface area contributed by atoms with Crippen LogP contribution in [-0.4, -0.2) is 46.1 Å². The maximum Gasteiger partial charge on any atom is 0.316 e. The molecule has 0 saturated heterocycles. The fourth-order valence-electron chi connectivity index (χ4n) is 2.64. The van der Waals surface area contributed by atoms with Crippen molar-refractivity contribution in [2.45, 2.75) is 18.6 Å². The lowest BCUT2D eigenvalue weighted by Gasteiger charge is -2.10. The SMILES string of the molecule is COc1ccccc1CNC(=O)COC(=O)CSc1nncn1-c1ccc(C)c(Cl)c1. The van der Waals surface area contributed by atoms with Gasteiger partial charge in [0.25, 0.3) is 5.91 Å². The van der Waals surface area contributed by atoms with Crippen LogP contribution in [0.3, 0.4) is 0 Å². The number of aromatic nitrogens is 3. The van der Waals surface area contributed by atoms with Gasteiger partial charge in [0.15, 0.2) is 11.8 Å². The molecule has 0 aliphatic rings. The molecule has 1 aromatic heterocycles. The van der Waals surface area contributed by atoms with Crippen LogP contribution in [0.1, 0.15) is 11.1 Å². The Labute approximate surface area is 188 Å². The Morgan fingerprint density at radius 3 is 2.81 bits per heavy atom. The van der Waals surface area contributed by atoms with Gasteiger partial charge in [-0.05, 0) is 30.7 Å². The smallest absolute Gasteiger partial charge is 0.316 e. The van der Waals surface area contributed by atoms with Crippen molar-refractivity contribution in [3.63, 3.8) is 0 Å². The molecule has 0 unspecified atom stereocenters. The number of aryl methyl sites for hydroxylation is 1. The van der Waals surface area contributed by atoms with Crippen LogP contribution >= 0.6 is 23.4 Å². The highest BCUT2D eigenvalue weighted by molar-refractivity contribution is 7.99. The van der Waals surface area contributed by atoms with Gasteiger partial charge in [-0.3, -0.25) is 14.2 Å². The van der Waals surface area contributed by atoms with Crippen LogP contribution in [0.4, 0.5) is 0 Å². The summed E-state index contributed by atoms with van der Waals surface area (Å²) in [5.41, 5.74) is 2.57. The van der Waals surface area contributed by atoms with E-state index in [4.69, 9.17) is 21.1 Å². The van der Waals surface area contributed by atoms with Gasteiger partial charge < -0.3 is 14.8 Å². The van der Waals surface area contributed by atoms with Crippen molar-refractivity contribution >= 4 is 35.2 Å². The standard InChI is InChI=1S/C21H21ClN4O4S/c1-14-7-8-16(9-17(14)22)26-13-24-25-21(26)31-12-20(28)30-11-19(27)23-10-15-5-3-4-6-18(15)29-2/h3-9,13H,10-12H2,1-2H3,(H,23,27). The molecule has 0 fully saturated rings. The van der Waals surface area contributed by atoms with Crippen molar-refractivity contribution in [2.24, 2.45) is 0 Å². The minimum Gasteiger partial charge on any atom is -0.496 e. The molecule has 3 aromatic rings. The molecule has 0 bridgehead atoms. The summed E-state index contributed by atoms with van der Waals surface area (Å²) in [5.74, 6) is -0.274. The van der Waals surface area contributed by atoms with E-state index in [0.29, 0.717) is 15.9 Å². The Morgan fingerprint density at radius 1 is 1.23 bits per heavy atom. The van der Waals surface area contributed by atoms with Crippen molar-refractivity contribution in [1.82, 2.24) is 20.1 Å². The average molecular weight is 461 g/mol. The first-order chi connectivity index (χ1) is 15.0. The highest BCUT2D eigenvalue weighted by Gasteiger charge is 2.13. The highest BCUT2D eigenvalue weighted by atomic mass is 35.5. The van der Waals surface area contributed by atoms with Gasteiger partial charge in [0, 0.05) is 17.1 Å². The maximum absolute atomic E-state index is 12.0. The number of rotatable bonds is 9. The van der Waals surface area contributed by atoms with Crippen molar-refractivity contribution in [1.29, 1.82) is 0 Å². The van der Waals surface area contributed by atoms with Crippen LogP contribution in [0, 0.1) is 6.92 Å². The number of hydrogen-bond donors (Lipinski definition) is 1. The Morgan fingerprint density at radius 2 is 2.03 bits per heavy atom. The number of carbonyl (C=O) groups excluding carboxylic acids is 2. The second-order valence-corrected chi connectivity index (χ2v) is 7.80. The summed E-state index contributed by atoms with van der Waals surface area (Å²) in [6, 6.07) is 12.9. The van der Waals surface area contributed by atoms with Crippen LogP contribution in [0.2, 0.25) is 5.02 Å². The summed E-state index contributed by atoms with van der Waals surface area (Å²) in [6.07, 6.45) is 1.54. The Balaban J connectivity index is 1.46. The molecule has 0 atom stereocenters. The number of para-hydroxylation sites is 1. The number of amides is 1. The fourth-order valence-corrected chi connectivity index (χ4v) is 3.54. The number of benzene rings is 2. The van der Waals surface area contributed by atoms with Crippen molar-refractivity contribution < 1.29 is 19.1 Å². The monoisotopic (exact) mass is 460 g/mol. The molecule has 3 rings (SSSR count). The lowest BCUT2D eigenvalue weighted by molar-refractivity contribution is -0.145. The summed E-state index contributed by atoms with van der Waals surface area (Å²) >= 11 is 7.34. The zero-order chi connectivity index (χ0) is 22.2. The van der Waals surface area contributed by atoms with Crippen molar-refractivity contribution in [2.75, 3.05) is 19.5 Å². The molecular weight excluding hydrogens is 440 g/mol. The summed E-state index contributed by atoms with van der Waals surface area (Å²) in [7, 11) is 1.56. The van der Waals surface area contributed by atoms with E-state index in [0.717, 1.165) is 28.6 Å². The number of ether oxygens (including phenoxy) is 2. The minimum absolute atomic E-state index is 0.0158. The Bertz CT molecular complexity index is 1070. The predicted molar refractivity (Wildman–Crippen MR) is 118 cm³/mol. The molecule has 1 amide bonds. The predicted octanol–water partition coefficient (Wildman–Crippen LogP) is 3.19. The third kappa shape index (κ3) is 6.22. The number of carbonyl (C=O) groups is 2. The number of nitrogens with one attached hydrogen (secondary N) is 1. The number of halogens is 1. The summed E-state index contributed by atoms with van der Waals surface area (Å²) < 4.78 is 12.0. The minimum atomic E-state index is -0.533. The maximum atomic E-state index is 12.0. The van der Waals surface area contributed by atoms with Crippen LogP contribution in [0.25, 0.3) is 5.69 Å². The summed E-state index contributed by atoms with van der Waals surface area (Å²) in [4.78, 5) is 24.0. The molecule has 2 aromatic carbocycles. The Hall–Kier alpha value is -3.04.